The highest BCUT2D eigenvalue weighted by Gasteiger charge is 2.01. The summed E-state index contributed by atoms with van der Waals surface area (Å²) in [6, 6.07) is 0. The van der Waals surface area contributed by atoms with Gasteiger partial charge in [-0.05, 0) is 12.5 Å². The average molecular weight is 213 g/mol. The first-order chi connectivity index (χ1) is 5.25. The van der Waals surface area contributed by atoms with Crippen molar-refractivity contribution in [2.75, 3.05) is 5.33 Å². The third-order valence-electron chi connectivity index (χ3n) is 1.38. The molecule has 0 spiro atoms. The first-order valence-corrected chi connectivity index (χ1v) is 4.39. The highest BCUT2D eigenvalue weighted by Crippen LogP contribution is 2.13. The Balaban J connectivity index is 3.03. The van der Waals surface area contributed by atoms with E-state index in [2.05, 4.69) is 32.5 Å². The summed E-state index contributed by atoms with van der Waals surface area (Å²) in [5, 5.41) is 0.743. The van der Waals surface area contributed by atoms with Crippen LogP contribution in [0.5, 0.6) is 0 Å². The molecule has 0 radical (unpaired) electrons. The Kier molecular flexibility index (Phi) is 2.76. The number of nitrogens with zero attached hydrogens (tertiary/aromatic N) is 2. The van der Waals surface area contributed by atoms with Crippen LogP contribution in [-0.2, 0) is 0 Å². The summed E-state index contributed by atoms with van der Waals surface area (Å²) < 4.78 is 0. The molecule has 0 saturated heterocycles. The van der Waals surface area contributed by atoms with Crippen molar-refractivity contribution in [3.63, 3.8) is 0 Å². The minimum atomic E-state index is 0.743. The maximum absolute atomic E-state index is 4.16. The van der Waals surface area contributed by atoms with E-state index in [0.29, 0.717) is 0 Å². The molecule has 0 N–H and O–H groups in total. The van der Waals surface area contributed by atoms with Crippen LogP contribution < -0.4 is 0 Å². The van der Waals surface area contributed by atoms with Crippen molar-refractivity contribution in [1.82, 2.24) is 9.97 Å². The predicted molar refractivity (Wildman–Crippen MR) is 49.6 cm³/mol. The van der Waals surface area contributed by atoms with Crippen molar-refractivity contribution in [3.8, 4) is 0 Å². The molecule has 0 bridgehead atoms. The normalized spacial score (nSPS) is 9.64. The van der Waals surface area contributed by atoms with Crippen LogP contribution in [0.25, 0.3) is 5.57 Å². The first kappa shape index (κ1) is 8.40. The van der Waals surface area contributed by atoms with E-state index in [4.69, 9.17) is 0 Å². The van der Waals surface area contributed by atoms with Crippen LogP contribution in [0, 0.1) is 6.92 Å². The fourth-order valence-electron chi connectivity index (χ4n) is 0.818. The number of rotatable bonds is 2. The number of alkyl halides is 1. The van der Waals surface area contributed by atoms with E-state index in [1.807, 2.05) is 6.92 Å². The minimum absolute atomic E-state index is 0.743. The molecule has 0 aliphatic rings. The third kappa shape index (κ3) is 1.87. The summed E-state index contributed by atoms with van der Waals surface area (Å²) in [4.78, 5) is 8.26. The van der Waals surface area contributed by atoms with Crippen molar-refractivity contribution in [2.24, 2.45) is 0 Å². The molecule has 0 fully saturated rings. The van der Waals surface area contributed by atoms with Gasteiger partial charge >= 0.3 is 0 Å². The van der Waals surface area contributed by atoms with Gasteiger partial charge in [0.1, 0.15) is 0 Å². The second-order valence-electron chi connectivity index (χ2n) is 2.23. The Bertz CT molecular complexity index is 271. The van der Waals surface area contributed by atoms with Crippen molar-refractivity contribution < 1.29 is 0 Å². The third-order valence-corrected chi connectivity index (χ3v) is 2.05. The van der Waals surface area contributed by atoms with E-state index in [1.54, 1.807) is 12.4 Å². The zero-order valence-corrected chi connectivity index (χ0v) is 7.93. The molecular weight excluding hydrogens is 204 g/mol. The van der Waals surface area contributed by atoms with Crippen molar-refractivity contribution in [1.29, 1.82) is 0 Å². The molecule has 0 atom stereocenters. The average Bonchev–Trinajstić information content (AvgIpc) is 2.04. The largest absolute Gasteiger partial charge is 0.258 e. The molecule has 0 amide bonds. The molecule has 11 heavy (non-hydrogen) atoms. The molecule has 1 rings (SSSR count). The summed E-state index contributed by atoms with van der Waals surface area (Å²) >= 11 is 3.32. The molecule has 3 heteroatoms. The van der Waals surface area contributed by atoms with Gasteiger partial charge in [-0.1, -0.05) is 22.5 Å². The molecule has 2 nitrogen and oxygen atoms in total. The summed E-state index contributed by atoms with van der Waals surface area (Å²) in [5.41, 5.74) is 2.79. The molecule has 0 saturated carbocycles. The van der Waals surface area contributed by atoms with Crippen LogP contribution in [0.1, 0.15) is 11.4 Å². The Morgan fingerprint density at radius 2 is 2.18 bits per heavy atom. The van der Waals surface area contributed by atoms with Gasteiger partial charge in [-0.15, -0.1) is 0 Å². The zero-order valence-electron chi connectivity index (χ0n) is 6.34. The zero-order chi connectivity index (χ0) is 8.27. The number of halogens is 1. The van der Waals surface area contributed by atoms with Crippen molar-refractivity contribution in [2.45, 2.75) is 6.92 Å². The topological polar surface area (TPSA) is 25.8 Å². The Hall–Kier alpha value is -0.700. The fourth-order valence-corrected chi connectivity index (χ4v) is 1.08. The summed E-state index contributed by atoms with van der Waals surface area (Å²) in [7, 11) is 0. The second-order valence-corrected chi connectivity index (χ2v) is 2.79. The van der Waals surface area contributed by atoms with Gasteiger partial charge in [0.2, 0.25) is 0 Å². The maximum Gasteiger partial charge on any atom is 0.0876 e. The van der Waals surface area contributed by atoms with Crippen molar-refractivity contribution in [3.05, 3.63) is 30.4 Å². The molecule has 0 aliphatic heterocycles. The van der Waals surface area contributed by atoms with Gasteiger partial charge < -0.3 is 0 Å². The minimum Gasteiger partial charge on any atom is -0.258 e. The molecule has 0 aromatic carbocycles. The quantitative estimate of drug-likeness (QED) is 0.703. The van der Waals surface area contributed by atoms with E-state index in [1.165, 1.54) is 0 Å². The highest BCUT2D eigenvalue weighted by atomic mass is 79.9. The number of hydrogen-bond donors (Lipinski definition) is 0. The standard InChI is InChI=1S/C8H9BrN2/c1-6(5-9)8-7(2)10-3-4-11-8/h3-4H,1,5H2,2H3. The lowest BCUT2D eigenvalue weighted by molar-refractivity contribution is 1.09. The van der Waals surface area contributed by atoms with E-state index in [0.717, 1.165) is 22.3 Å². The Labute approximate surface area is 74.5 Å². The summed E-state index contributed by atoms with van der Waals surface area (Å²) in [6.45, 7) is 5.78. The number of aromatic nitrogens is 2. The van der Waals surface area contributed by atoms with Gasteiger partial charge in [-0.2, -0.15) is 0 Å². The van der Waals surface area contributed by atoms with Crippen LogP contribution in [0.3, 0.4) is 0 Å². The molecular formula is C8H9BrN2. The molecule has 1 aromatic rings. The lowest BCUT2D eigenvalue weighted by Gasteiger charge is -2.02. The highest BCUT2D eigenvalue weighted by molar-refractivity contribution is 9.09. The fraction of sp³-hybridized carbons (Fsp3) is 0.250. The van der Waals surface area contributed by atoms with E-state index in [-0.39, 0.29) is 0 Å². The molecule has 1 aromatic heterocycles. The first-order valence-electron chi connectivity index (χ1n) is 3.27. The van der Waals surface area contributed by atoms with E-state index < -0.39 is 0 Å². The van der Waals surface area contributed by atoms with Crippen LogP contribution in [0.2, 0.25) is 0 Å². The second kappa shape index (κ2) is 3.62. The Morgan fingerprint density at radius 3 is 2.73 bits per heavy atom. The molecule has 0 unspecified atom stereocenters. The Morgan fingerprint density at radius 1 is 1.55 bits per heavy atom. The van der Waals surface area contributed by atoms with Gasteiger partial charge in [0.15, 0.2) is 0 Å². The monoisotopic (exact) mass is 212 g/mol. The van der Waals surface area contributed by atoms with Crippen LogP contribution >= 0.6 is 15.9 Å². The van der Waals surface area contributed by atoms with Gasteiger partial charge in [-0.3, -0.25) is 9.97 Å². The smallest absolute Gasteiger partial charge is 0.0876 e. The maximum atomic E-state index is 4.16. The number of allylic oxidation sites excluding steroid dienone is 1. The number of hydrogen-bond acceptors (Lipinski definition) is 2. The van der Waals surface area contributed by atoms with Gasteiger partial charge in [0.05, 0.1) is 11.4 Å². The molecule has 0 aliphatic carbocycles. The van der Waals surface area contributed by atoms with E-state index in [9.17, 15) is 0 Å². The summed E-state index contributed by atoms with van der Waals surface area (Å²) in [5.74, 6) is 0. The van der Waals surface area contributed by atoms with Gasteiger partial charge in [-0.25, -0.2) is 0 Å². The predicted octanol–water partition coefficient (Wildman–Crippen LogP) is 2.19. The molecule has 1 heterocycles. The number of aryl methyl sites for hydroxylation is 1. The lowest BCUT2D eigenvalue weighted by Crippen LogP contribution is -1.94. The SMILES string of the molecule is C=C(CBr)c1nccnc1C. The van der Waals surface area contributed by atoms with Crippen molar-refractivity contribution >= 4 is 21.5 Å². The molecule has 58 valence electrons. The van der Waals surface area contributed by atoms with Gasteiger partial charge in [0.25, 0.3) is 0 Å². The van der Waals surface area contributed by atoms with Crippen LogP contribution in [-0.4, -0.2) is 15.3 Å². The van der Waals surface area contributed by atoms with Crippen LogP contribution in [0.15, 0.2) is 19.0 Å². The lowest BCUT2D eigenvalue weighted by atomic mass is 10.2. The summed E-state index contributed by atoms with van der Waals surface area (Å²) in [6.07, 6.45) is 3.36. The van der Waals surface area contributed by atoms with E-state index >= 15 is 0 Å². The van der Waals surface area contributed by atoms with Gasteiger partial charge in [0, 0.05) is 17.7 Å². The van der Waals surface area contributed by atoms with Crippen LogP contribution in [0.4, 0.5) is 0 Å².